The van der Waals surface area contributed by atoms with Crippen molar-refractivity contribution < 1.29 is 12.9 Å². The van der Waals surface area contributed by atoms with Crippen molar-refractivity contribution in [1.29, 1.82) is 0 Å². The second-order valence-corrected chi connectivity index (χ2v) is 5.27. The first kappa shape index (κ1) is 10.6. The van der Waals surface area contributed by atoms with Crippen LogP contribution >= 0.6 is 0 Å². The van der Waals surface area contributed by atoms with E-state index >= 15 is 0 Å². The van der Waals surface area contributed by atoms with Crippen LogP contribution in [0, 0.1) is 0 Å². The Morgan fingerprint density at radius 3 is 2.69 bits per heavy atom. The number of hydrogen-bond donors (Lipinski definition) is 1. The highest BCUT2D eigenvalue weighted by molar-refractivity contribution is 7.90. The summed E-state index contributed by atoms with van der Waals surface area (Å²) in [5, 5.41) is 3.43. The molecule has 84 valence electrons. The summed E-state index contributed by atoms with van der Waals surface area (Å²) in [6.07, 6.45) is 1.13. The summed E-state index contributed by atoms with van der Waals surface area (Å²) in [6, 6.07) is 6.23. The van der Waals surface area contributed by atoms with Crippen LogP contribution in [0.4, 0.5) is 5.95 Å². The molecule has 1 aromatic heterocycles. The maximum atomic E-state index is 11.3. The highest BCUT2D eigenvalue weighted by atomic mass is 32.2. The van der Waals surface area contributed by atoms with Gasteiger partial charge >= 0.3 is 0 Å². The number of sulfone groups is 1. The van der Waals surface area contributed by atoms with E-state index in [0.717, 1.165) is 6.26 Å². The van der Waals surface area contributed by atoms with Gasteiger partial charge in [-0.15, -0.1) is 0 Å². The van der Waals surface area contributed by atoms with E-state index in [0.29, 0.717) is 5.56 Å². The van der Waals surface area contributed by atoms with E-state index in [1.54, 1.807) is 12.1 Å². The molecule has 0 amide bonds. The lowest BCUT2D eigenvalue weighted by molar-refractivity contribution is 0.433. The molecular weight excluding hydrogens is 230 g/mol. The molecule has 0 aliphatic heterocycles. The van der Waals surface area contributed by atoms with Crippen molar-refractivity contribution >= 4 is 15.8 Å². The summed E-state index contributed by atoms with van der Waals surface area (Å²) in [7, 11) is -3.25. The van der Waals surface area contributed by atoms with Crippen molar-refractivity contribution in [3.05, 3.63) is 24.3 Å². The molecule has 0 saturated heterocycles. The van der Waals surface area contributed by atoms with Gasteiger partial charge in [0.05, 0.1) is 4.90 Å². The zero-order valence-electron chi connectivity index (χ0n) is 8.41. The van der Waals surface area contributed by atoms with Crippen LogP contribution < -0.4 is 5.73 Å². The summed E-state index contributed by atoms with van der Waals surface area (Å²) in [5.74, 6) is 0.211. The fraction of sp³-hybridized carbons (Fsp3) is 0.111. The van der Waals surface area contributed by atoms with Crippen LogP contribution in [0.1, 0.15) is 0 Å². The van der Waals surface area contributed by atoms with Crippen molar-refractivity contribution in [2.24, 2.45) is 0 Å². The van der Waals surface area contributed by atoms with Gasteiger partial charge in [-0.05, 0) is 23.4 Å². The van der Waals surface area contributed by atoms with Gasteiger partial charge in [0.2, 0.25) is 0 Å². The molecule has 0 radical (unpaired) electrons. The highest BCUT2D eigenvalue weighted by Gasteiger charge is 2.11. The number of nitrogens with zero attached hydrogens (tertiary/aromatic N) is 2. The molecule has 2 N–H and O–H groups in total. The molecule has 16 heavy (non-hydrogen) atoms. The Hall–Kier alpha value is -1.89. The van der Waals surface area contributed by atoms with Gasteiger partial charge in [-0.2, -0.15) is 4.98 Å². The van der Waals surface area contributed by atoms with Crippen LogP contribution in [0.5, 0.6) is 0 Å². The zero-order valence-corrected chi connectivity index (χ0v) is 9.23. The molecular formula is C9H9N3O3S. The average Bonchev–Trinajstić information content (AvgIpc) is 2.64. The molecule has 6 nitrogen and oxygen atoms in total. The molecule has 7 heteroatoms. The molecule has 0 aliphatic carbocycles. The largest absolute Gasteiger partial charge is 0.365 e. The van der Waals surface area contributed by atoms with Gasteiger partial charge in [0.25, 0.3) is 11.8 Å². The summed E-state index contributed by atoms with van der Waals surface area (Å²) in [5.41, 5.74) is 5.83. The Morgan fingerprint density at radius 1 is 1.38 bits per heavy atom. The Kier molecular flexibility index (Phi) is 2.39. The number of aromatic nitrogens is 2. The first-order valence-electron chi connectivity index (χ1n) is 4.36. The number of benzene rings is 1. The topological polar surface area (TPSA) is 99.1 Å². The lowest BCUT2D eigenvalue weighted by Crippen LogP contribution is -1.96. The van der Waals surface area contributed by atoms with Crippen LogP contribution in [0.15, 0.2) is 33.7 Å². The molecule has 0 saturated carbocycles. The molecule has 0 spiro atoms. The zero-order chi connectivity index (χ0) is 11.8. The minimum absolute atomic E-state index is 0.0137. The summed E-state index contributed by atoms with van der Waals surface area (Å²) < 4.78 is 27.5. The van der Waals surface area contributed by atoms with E-state index in [1.165, 1.54) is 12.1 Å². The third-order valence-electron chi connectivity index (χ3n) is 1.95. The SMILES string of the molecule is CS(=O)(=O)c1cccc(-c2nc(N)no2)c1. The van der Waals surface area contributed by atoms with E-state index in [-0.39, 0.29) is 16.7 Å². The normalized spacial score (nSPS) is 11.6. The predicted molar refractivity (Wildman–Crippen MR) is 57.3 cm³/mol. The van der Waals surface area contributed by atoms with Crippen LogP contribution in [0.3, 0.4) is 0 Å². The van der Waals surface area contributed by atoms with Gasteiger partial charge in [0.1, 0.15) is 0 Å². The standard InChI is InChI=1S/C9H9N3O3S/c1-16(13,14)7-4-2-3-6(5-7)8-11-9(10)12-15-8/h2-5H,1H3,(H2,10,12). The fourth-order valence-electron chi connectivity index (χ4n) is 1.21. The number of anilines is 1. The number of nitrogens with two attached hydrogens (primary N) is 1. The maximum absolute atomic E-state index is 11.3. The Balaban J connectivity index is 2.52. The molecule has 0 atom stereocenters. The summed E-state index contributed by atoms with van der Waals surface area (Å²) in [4.78, 5) is 4.01. The molecule has 2 aromatic rings. The third-order valence-corrected chi connectivity index (χ3v) is 3.06. The van der Waals surface area contributed by atoms with Crippen LogP contribution in [-0.2, 0) is 9.84 Å². The lowest BCUT2D eigenvalue weighted by Gasteiger charge is -1.99. The third kappa shape index (κ3) is 2.03. The van der Waals surface area contributed by atoms with E-state index in [9.17, 15) is 8.42 Å². The van der Waals surface area contributed by atoms with Crippen molar-refractivity contribution in [3.63, 3.8) is 0 Å². The van der Waals surface area contributed by atoms with Crippen molar-refractivity contribution in [2.75, 3.05) is 12.0 Å². The van der Waals surface area contributed by atoms with Gasteiger partial charge < -0.3 is 10.3 Å². The Bertz CT molecular complexity index is 618. The minimum Gasteiger partial charge on any atom is -0.365 e. The second-order valence-electron chi connectivity index (χ2n) is 3.26. The molecule has 0 fully saturated rings. The quantitative estimate of drug-likeness (QED) is 0.829. The molecule has 0 aliphatic rings. The highest BCUT2D eigenvalue weighted by Crippen LogP contribution is 2.21. The lowest BCUT2D eigenvalue weighted by atomic mass is 10.2. The van der Waals surface area contributed by atoms with Gasteiger partial charge in [-0.3, -0.25) is 0 Å². The van der Waals surface area contributed by atoms with Crippen molar-refractivity contribution in [3.8, 4) is 11.5 Å². The smallest absolute Gasteiger partial charge is 0.261 e. The van der Waals surface area contributed by atoms with E-state index < -0.39 is 9.84 Å². The Labute approximate surface area is 92.0 Å². The number of hydrogen-bond acceptors (Lipinski definition) is 6. The fourth-order valence-corrected chi connectivity index (χ4v) is 1.88. The van der Waals surface area contributed by atoms with Gasteiger partial charge in [0.15, 0.2) is 9.84 Å². The number of rotatable bonds is 2. The van der Waals surface area contributed by atoms with E-state index in [2.05, 4.69) is 10.1 Å². The number of nitrogen functional groups attached to an aromatic ring is 1. The Morgan fingerprint density at radius 2 is 2.12 bits per heavy atom. The molecule has 1 aromatic carbocycles. The van der Waals surface area contributed by atoms with Gasteiger partial charge in [-0.25, -0.2) is 8.42 Å². The van der Waals surface area contributed by atoms with Gasteiger partial charge in [-0.1, -0.05) is 6.07 Å². The van der Waals surface area contributed by atoms with E-state index in [1.807, 2.05) is 0 Å². The van der Waals surface area contributed by atoms with Crippen molar-refractivity contribution in [1.82, 2.24) is 10.1 Å². The summed E-state index contributed by atoms with van der Waals surface area (Å²) in [6.45, 7) is 0. The molecule has 2 rings (SSSR count). The molecule has 0 unspecified atom stereocenters. The second kappa shape index (κ2) is 3.60. The minimum atomic E-state index is -3.25. The first-order valence-corrected chi connectivity index (χ1v) is 6.25. The first-order chi connectivity index (χ1) is 7.47. The predicted octanol–water partition coefficient (Wildman–Crippen LogP) is 0.722. The van der Waals surface area contributed by atoms with Gasteiger partial charge in [0, 0.05) is 11.8 Å². The van der Waals surface area contributed by atoms with Crippen LogP contribution in [0.25, 0.3) is 11.5 Å². The molecule has 0 bridgehead atoms. The van der Waals surface area contributed by atoms with Crippen molar-refractivity contribution in [2.45, 2.75) is 4.90 Å². The van der Waals surface area contributed by atoms with Crippen LogP contribution in [-0.4, -0.2) is 24.8 Å². The summed E-state index contributed by atoms with van der Waals surface area (Å²) >= 11 is 0. The van der Waals surface area contributed by atoms with Crippen LogP contribution in [0.2, 0.25) is 0 Å². The molecule has 1 heterocycles. The van der Waals surface area contributed by atoms with E-state index in [4.69, 9.17) is 10.3 Å². The average molecular weight is 239 g/mol. The monoisotopic (exact) mass is 239 g/mol. The maximum Gasteiger partial charge on any atom is 0.261 e.